The lowest BCUT2D eigenvalue weighted by Crippen LogP contribution is -2.32. The highest BCUT2D eigenvalue weighted by molar-refractivity contribution is 7.07. The molecule has 3 rings (SSSR count). The van der Waals surface area contributed by atoms with Crippen LogP contribution in [0.25, 0.3) is 11.6 Å². The molecule has 0 radical (unpaired) electrons. The van der Waals surface area contributed by atoms with Crippen molar-refractivity contribution in [3.8, 4) is 17.9 Å². The SMILES string of the molecule is CCOCCCn1c(=C(C#N)C#N)s/c(=C/c2ccc(OCc3ccccc3)cc2)c1=O. The molecule has 0 amide bonds. The molecular formula is C25H23N3O3S. The third-order valence-electron chi connectivity index (χ3n) is 4.65. The molecule has 0 bridgehead atoms. The first-order valence-corrected chi connectivity index (χ1v) is 11.1. The van der Waals surface area contributed by atoms with Crippen molar-refractivity contribution in [2.24, 2.45) is 0 Å². The molecule has 0 aliphatic rings. The Bertz CT molecular complexity index is 1280. The van der Waals surface area contributed by atoms with Crippen molar-refractivity contribution in [3.05, 3.63) is 85.3 Å². The van der Waals surface area contributed by atoms with Gasteiger partial charge in [0, 0.05) is 19.8 Å². The normalized spacial score (nSPS) is 11.0. The van der Waals surface area contributed by atoms with Gasteiger partial charge in [-0.3, -0.25) is 9.36 Å². The number of thiazole rings is 1. The quantitative estimate of drug-likeness (QED) is 0.473. The Morgan fingerprint density at radius 3 is 2.47 bits per heavy atom. The average molecular weight is 446 g/mol. The first-order chi connectivity index (χ1) is 15.7. The molecule has 0 fully saturated rings. The maximum Gasteiger partial charge on any atom is 0.269 e. The summed E-state index contributed by atoms with van der Waals surface area (Å²) in [5.41, 5.74) is 1.64. The average Bonchev–Trinajstić information content (AvgIpc) is 3.13. The zero-order chi connectivity index (χ0) is 22.8. The fraction of sp³-hybridized carbons (Fsp3) is 0.240. The monoisotopic (exact) mass is 445 g/mol. The summed E-state index contributed by atoms with van der Waals surface area (Å²) in [5.74, 6) is 0.732. The number of nitriles is 2. The van der Waals surface area contributed by atoms with Gasteiger partial charge in [0.25, 0.3) is 5.56 Å². The van der Waals surface area contributed by atoms with E-state index in [2.05, 4.69) is 0 Å². The largest absolute Gasteiger partial charge is 0.489 e. The standard InChI is InChI=1S/C25H23N3O3S/c1-2-30-14-6-13-28-24(29)23(32-25(28)21(16-26)17-27)15-19-9-11-22(12-10-19)31-18-20-7-4-3-5-8-20/h3-5,7-12,15H,2,6,13-14,18H2,1H3/b23-15+. The molecule has 1 aromatic heterocycles. The highest BCUT2D eigenvalue weighted by Crippen LogP contribution is 2.14. The zero-order valence-corrected chi connectivity index (χ0v) is 18.6. The van der Waals surface area contributed by atoms with E-state index in [4.69, 9.17) is 9.47 Å². The van der Waals surface area contributed by atoms with Gasteiger partial charge in [0.15, 0.2) is 5.57 Å². The first kappa shape index (κ1) is 23.0. The van der Waals surface area contributed by atoms with Gasteiger partial charge in [0.1, 0.15) is 29.2 Å². The van der Waals surface area contributed by atoms with E-state index in [1.807, 2.05) is 73.7 Å². The lowest BCUT2D eigenvalue weighted by atomic mass is 10.2. The fourth-order valence-corrected chi connectivity index (χ4v) is 4.13. The van der Waals surface area contributed by atoms with E-state index in [9.17, 15) is 15.3 Å². The molecule has 3 aromatic rings. The van der Waals surface area contributed by atoms with Crippen molar-refractivity contribution in [1.29, 1.82) is 10.5 Å². The number of benzene rings is 2. The third kappa shape index (κ3) is 5.95. The Morgan fingerprint density at radius 2 is 1.81 bits per heavy atom. The van der Waals surface area contributed by atoms with Crippen molar-refractivity contribution >= 4 is 23.0 Å². The van der Waals surface area contributed by atoms with Crippen LogP contribution in [0.1, 0.15) is 24.5 Å². The van der Waals surface area contributed by atoms with Crippen LogP contribution < -0.4 is 19.5 Å². The highest BCUT2D eigenvalue weighted by Gasteiger charge is 2.09. The molecule has 0 N–H and O–H groups in total. The third-order valence-corrected chi connectivity index (χ3v) is 5.78. The van der Waals surface area contributed by atoms with Crippen LogP contribution in [0.2, 0.25) is 0 Å². The van der Waals surface area contributed by atoms with E-state index in [1.54, 1.807) is 6.08 Å². The van der Waals surface area contributed by atoms with Crippen molar-refractivity contribution in [2.75, 3.05) is 13.2 Å². The van der Waals surface area contributed by atoms with Crippen molar-refractivity contribution in [1.82, 2.24) is 4.57 Å². The molecule has 2 aromatic carbocycles. The molecule has 162 valence electrons. The Kier molecular flexibility index (Phi) is 8.39. The minimum atomic E-state index is -0.214. The van der Waals surface area contributed by atoms with Crippen molar-refractivity contribution in [3.63, 3.8) is 0 Å². The summed E-state index contributed by atoms with van der Waals surface area (Å²) in [5, 5.41) is 18.6. The van der Waals surface area contributed by atoms with E-state index in [-0.39, 0.29) is 11.1 Å². The summed E-state index contributed by atoms with van der Waals surface area (Å²) in [6.07, 6.45) is 2.39. The van der Waals surface area contributed by atoms with E-state index in [1.165, 1.54) is 4.57 Å². The molecule has 0 atom stereocenters. The summed E-state index contributed by atoms with van der Waals surface area (Å²) in [7, 11) is 0. The molecular weight excluding hydrogens is 422 g/mol. The fourth-order valence-electron chi connectivity index (χ4n) is 3.05. The zero-order valence-electron chi connectivity index (χ0n) is 17.8. The van der Waals surface area contributed by atoms with Crippen molar-refractivity contribution < 1.29 is 9.47 Å². The second-order valence-electron chi connectivity index (χ2n) is 6.86. The van der Waals surface area contributed by atoms with Gasteiger partial charge >= 0.3 is 0 Å². The van der Waals surface area contributed by atoms with E-state index < -0.39 is 0 Å². The highest BCUT2D eigenvalue weighted by atomic mass is 32.1. The molecule has 6 nitrogen and oxygen atoms in total. The summed E-state index contributed by atoms with van der Waals surface area (Å²) < 4.78 is 13.5. The van der Waals surface area contributed by atoms with Crippen LogP contribution in [-0.4, -0.2) is 17.8 Å². The van der Waals surface area contributed by atoms with Crippen LogP contribution in [0.5, 0.6) is 5.75 Å². The number of aromatic nitrogens is 1. The summed E-state index contributed by atoms with van der Waals surface area (Å²) in [6.45, 7) is 3.88. The molecule has 0 aliphatic heterocycles. The minimum absolute atomic E-state index is 0.0622. The predicted octanol–water partition coefficient (Wildman–Crippen LogP) is 2.94. The minimum Gasteiger partial charge on any atom is -0.489 e. The second-order valence-corrected chi connectivity index (χ2v) is 7.90. The molecule has 0 saturated carbocycles. The van der Waals surface area contributed by atoms with E-state index in [0.29, 0.717) is 42.0 Å². The maximum absolute atomic E-state index is 13.0. The van der Waals surface area contributed by atoms with Gasteiger partial charge in [-0.25, -0.2) is 0 Å². The van der Waals surface area contributed by atoms with Gasteiger partial charge in [0.2, 0.25) is 0 Å². The number of hydrogen-bond donors (Lipinski definition) is 0. The Labute approximate surface area is 190 Å². The Hall–Kier alpha value is -3.65. The molecule has 0 unspecified atom stereocenters. The first-order valence-electron chi connectivity index (χ1n) is 10.3. The number of rotatable bonds is 9. The molecule has 0 aliphatic carbocycles. The van der Waals surface area contributed by atoms with Crippen LogP contribution in [-0.2, 0) is 17.9 Å². The number of ether oxygens (including phenoxy) is 2. The maximum atomic E-state index is 13.0. The van der Waals surface area contributed by atoms with E-state index in [0.717, 1.165) is 28.2 Å². The lowest BCUT2D eigenvalue weighted by Gasteiger charge is -2.06. The summed E-state index contributed by atoms with van der Waals surface area (Å²) >= 11 is 1.15. The van der Waals surface area contributed by atoms with Crippen LogP contribution in [0, 0.1) is 22.7 Å². The molecule has 32 heavy (non-hydrogen) atoms. The molecule has 7 heteroatoms. The lowest BCUT2D eigenvalue weighted by molar-refractivity contribution is 0.141. The van der Waals surface area contributed by atoms with Gasteiger partial charge < -0.3 is 9.47 Å². The Balaban J connectivity index is 1.86. The summed E-state index contributed by atoms with van der Waals surface area (Å²) in [6, 6.07) is 21.1. The summed E-state index contributed by atoms with van der Waals surface area (Å²) in [4.78, 5) is 13.0. The van der Waals surface area contributed by atoms with Crippen LogP contribution in [0.15, 0.2) is 59.4 Å². The smallest absolute Gasteiger partial charge is 0.269 e. The van der Waals surface area contributed by atoms with Gasteiger partial charge in [-0.1, -0.05) is 42.5 Å². The van der Waals surface area contributed by atoms with Gasteiger partial charge in [-0.15, -0.1) is 11.3 Å². The van der Waals surface area contributed by atoms with Gasteiger partial charge in [-0.2, -0.15) is 10.5 Å². The molecule has 0 saturated heterocycles. The van der Waals surface area contributed by atoms with Crippen LogP contribution in [0.4, 0.5) is 0 Å². The van der Waals surface area contributed by atoms with Crippen LogP contribution in [0.3, 0.4) is 0 Å². The van der Waals surface area contributed by atoms with Gasteiger partial charge in [0.05, 0.1) is 4.53 Å². The van der Waals surface area contributed by atoms with Gasteiger partial charge in [-0.05, 0) is 42.7 Å². The number of hydrogen-bond acceptors (Lipinski definition) is 6. The predicted molar refractivity (Wildman–Crippen MR) is 124 cm³/mol. The van der Waals surface area contributed by atoms with Crippen molar-refractivity contribution in [2.45, 2.75) is 26.5 Å². The van der Waals surface area contributed by atoms with E-state index >= 15 is 0 Å². The molecule has 0 spiro atoms. The number of nitrogens with zero attached hydrogens (tertiary/aromatic N) is 3. The Morgan fingerprint density at radius 1 is 1.09 bits per heavy atom. The topological polar surface area (TPSA) is 88.0 Å². The molecule has 1 heterocycles. The second kappa shape index (κ2) is 11.7. The van der Waals surface area contributed by atoms with Crippen LogP contribution >= 0.6 is 11.3 Å².